The standard InChI is InChI=1S/C21H23NO3S/c1-4-21(20-8-6-5-7-15(20)2)22-26(23,24)19-12-10-16-13-18(25-3)11-9-17(16)14-19/h5-14,21-22H,4H2,1-3H3/t21-/m0/s1. The number of hydrogen-bond donors (Lipinski definition) is 1. The fourth-order valence-corrected chi connectivity index (χ4v) is 4.43. The van der Waals surface area contributed by atoms with Gasteiger partial charge in [0.15, 0.2) is 0 Å². The Bertz CT molecular complexity index is 1030. The highest BCUT2D eigenvalue weighted by Crippen LogP contribution is 2.26. The van der Waals surface area contributed by atoms with Gasteiger partial charge in [-0.1, -0.05) is 43.3 Å². The van der Waals surface area contributed by atoms with Gasteiger partial charge in [0.1, 0.15) is 5.75 Å². The first-order valence-corrected chi connectivity index (χ1v) is 10.1. The van der Waals surface area contributed by atoms with Crippen LogP contribution in [0.1, 0.15) is 30.5 Å². The molecule has 1 atom stereocenters. The van der Waals surface area contributed by atoms with Gasteiger partial charge in [0.2, 0.25) is 10.0 Å². The third-order valence-corrected chi connectivity index (χ3v) is 6.07. The van der Waals surface area contributed by atoms with Crippen LogP contribution in [-0.2, 0) is 10.0 Å². The van der Waals surface area contributed by atoms with Gasteiger partial charge in [-0.25, -0.2) is 13.1 Å². The smallest absolute Gasteiger partial charge is 0.241 e. The number of sulfonamides is 1. The number of rotatable bonds is 6. The Hall–Kier alpha value is -2.37. The van der Waals surface area contributed by atoms with E-state index in [1.54, 1.807) is 25.3 Å². The van der Waals surface area contributed by atoms with E-state index in [0.29, 0.717) is 6.42 Å². The Morgan fingerprint density at radius 1 is 1.00 bits per heavy atom. The predicted molar refractivity (Wildman–Crippen MR) is 105 cm³/mol. The Kier molecular flexibility index (Phi) is 5.30. The van der Waals surface area contributed by atoms with E-state index in [1.165, 1.54) is 0 Å². The van der Waals surface area contributed by atoms with Crippen LogP contribution in [0.3, 0.4) is 0 Å². The molecule has 4 nitrogen and oxygen atoms in total. The van der Waals surface area contributed by atoms with Crippen LogP contribution in [0, 0.1) is 6.92 Å². The minimum Gasteiger partial charge on any atom is -0.497 e. The maximum Gasteiger partial charge on any atom is 0.241 e. The van der Waals surface area contributed by atoms with Gasteiger partial charge < -0.3 is 4.74 Å². The van der Waals surface area contributed by atoms with Gasteiger partial charge in [0, 0.05) is 6.04 Å². The molecule has 0 radical (unpaired) electrons. The van der Waals surface area contributed by atoms with Crippen molar-refractivity contribution in [3.05, 3.63) is 71.8 Å². The quantitative estimate of drug-likeness (QED) is 0.691. The number of aryl methyl sites for hydroxylation is 1. The average Bonchev–Trinajstić information content (AvgIpc) is 2.65. The van der Waals surface area contributed by atoms with E-state index in [1.807, 2.05) is 56.3 Å². The van der Waals surface area contributed by atoms with Crippen molar-refractivity contribution in [2.45, 2.75) is 31.2 Å². The molecule has 0 aliphatic heterocycles. The Labute approximate surface area is 154 Å². The summed E-state index contributed by atoms with van der Waals surface area (Å²) in [5.41, 5.74) is 2.08. The highest BCUT2D eigenvalue weighted by molar-refractivity contribution is 7.89. The highest BCUT2D eigenvalue weighted by atomic mass is 32.2. The summed E-state index contributed by atoms with van der Waals surface area (Å²) in [6.45, 7) is 3.97. The molecule has 0 spiro atoms. The summed E-state index contributed by atoms with van der Waals surface area (Å²) in [5, 5.41) is 1.80. The Morgan fingerprint density at radius 2 is 1.69 bits per heavy atom. The van der Waals surface area contributed by atoms with Gasteiger partial charge in [-0.05, 0) is 59.5 Å². The van der Waals surface area contributed by atoms with Crippen molar-refractivity contribution < 1.29 is 13.2 Å². The lowest BCUT2D eigenvalue weighted by Gasteiger charge is -2.19. The summed E-state index contributed by atoms with van der Waals surface area (Å²) >= 11 is 0. The molecule has 0 aliphatic rings. The van der Waals surface area contributed by atoms with Crippen LogP contribution in [0.25, 0.3) is 10.8 Å². The lowest BCUT2D eigenvalue weighted by Crippen LogP contribution is -2.28. The number of nitrogens with one attached hydrogen (secondary N) is 1. The predicted octanol–water partition coefficient (Wildman–Crippen LogP) is 4.59. The van der Waals surface area contributed by atoms with E-state index in [2.05, 4.69) is 4.72 Å². The lowest BCUT2D eigenvalue weighted by atomic mass is 10.0. The van der Waals surface area contributed by atoms with E-state index in [4.69, 9.17) is 4.74 Å². The molecule has 136 valence electrons. The van der Waals surface area contributed by atoms with E-state index in [-0.39, 0.29) is 10.9 Å². The summed E-state index contributed by atoms with van der Waals surface area (Å²) in [7, 11) is -2.01. The zero-order valence-electron chi connectivity index (χ0n) is 15.2. The van der Waals surface area contributed by atoms with Crippen molar-refractivity contribution >= 4 is 20.8 Å². The largest absolute Gasteiger partial charge is 0.497 e. The summed E-state index contributed by atoms with van der Waals surface area (Å²) in [4.78, 5) is 0.266. The van der Waals surface area contributed by atoms with Crippen LogP contribution in [0.2, 0.25) is 0 Å². The SMILES string of the molecule is CC[C@H](NS(=O)(=O)c1ccc2cc(OC)ccc2c1)c1ccccc1C. The second-order valence-electron chi connectivity index (χ2n) is 6.31. The number of fused-ring (bicyclic) bond motifs is 1. The van der Waals surface area contributed by atoms with Crippen molar-refractivity contribution in [1.82, 2.24) is 4.72 Å². The van der Waals surface area contributed by atoms with Crippen LogP contribution < -0.4 is 9.46 Å². The lowest BCUT2D eigenvalue weighted by molar-refractivity contribution is 0.415. The second-order valence-corrected chi connectivity index (χ2v) is 8.03. The molecule has 5 heteroatoms. The molecule has 0 fully saturated rings. The van der Waals surface area contributed by atoms with Gasteiger partial charge >= 0.3 is 0 Å². The number of hydrogen-bond acceptors (Lipinski definition) is 3. The van der Waals surface area contributed by atoms with Crippen molar-refractivity contribution in [2.75, 3.05) is 7.11 Å². The number of methoxy groups -OCH3 is 1. The molecule has 0 aliphatic carbocycles. The Balaban J connectivity index is 1.94. The molecule has 1 N–H and O–H groups in total. The molecule has 3 aromatic rings. The average molecular weight is 369 g/mol. The van der Waals surface area contributed by atoms with Crippen LogP contribution in [-0.4, -0.2) is 15.5 Å². The fourth-order valence-electron chi connectivity index (χ4n) is 3.10. The molecule has 0 aromatic heterocycles. The number of benzene rings is 3. The topological polar surface area (TPSA) is 55.4 Å². The molecule has 3 aromatic carbocycles. The van der Waals surface area contributed by atoms with Crippen LogP contribution >= 0.6 is 0 Å². The van der Waals surface area contributed by atoms with Gasteiger partial charge in [-0.15, -0.1) is 0 Å². The van der Waals surface area contributed by atoms with Crippen molar-refractivity contribution in [3.8, 4) is 5.75 Å². The summed E-state index contributed by atoms with van der Waals surface area (Å²) in [5.74, 6) is 0.747. The molecule has 0 heterocycles. The van der Waals surface area contributed by atoms with Gasteiger partial charge in [0.25, 0.3) is 0 Å². The zero-order valence-corrected chi connectivity index (χ0v) is 16.0. The van der Waals surface area contributed by atoms with E-state index < -0.39 is 10.0 Å². The molecule has 26 heavy (non-hydrogen) atoms. The minimum atomic E-state index is -3.62. The molecule has 0 amide bonds. The first-order valence-electron chi connectivity index (χ1n) is 8.60. The van der Waals surface area contributed by atoms with Crippen LogP contribution in [0.4, 0.5) is 0 Å². The van der Waals surface area contributed by atoms with Crippen LogP contribution in [0.15, 0.2) is 65.6 Å². The van der Waals surface area contributed by atoms with Gasteiger partial charge in [-0.3, -0.25) is 0 Å². The monoisotopic (exact) mass is 369 g/mol. The maximum atomic E-state index is 12.9. The fraction of sp³-hybridized carbons (Fsp3) is 0.238. The van der Waals surface area contributed by atoms with E-state index >= 15 is 0 Å². The van der Waals surface area contributed by atoms with Crippen molar-refractivity contribution in [2.24, 2.45) is 0 Å². The van der Waals surface area contributed by atoms with Crippen molar-refractivity contribution in [3.63, 3.8) is 0 Å². The summed E-state index contributed by atoms with van der Waals surface area (Å²) in [6.07, 6.45) is 0.675. The molecule has 3 rings (SSSR count). The third kappa shape index (κ3) is 3.74. The van der Waals surface area contributed by atoms with E-state index in [9.17, 15) is 8.42 Å². The molecule has 0 unspecified atom stereocenters. The third-order valence-electron chi connectivity index (χ3n) is 4.60. The molecule has 0 saturated carbocycles. The summed E-state index contributed by atoms with van der Waals surface area (Å²) < 4.78 is 33.9. The molecule has 0 bridgehead atoms. The molecule has 0 saturated heterocycles. The first kappa shape index (κ1) is 18.4. The van der Waals surface area contributed by atoms with Crippen LogP contribution in [0.5, 0.6) is 5.75 Å². The highest BCUT2D eigenvalue weighted by Gasteiger charge is 2.21. The normalized spacial score (nSPS) is 12.9. The molecular weight excluding hydrogens is 346 g/mol. The zero-order chi connectivity index (χ0) is 18.7. The Morgan fingerprint density at radius 3 is 2.38 bits per heavy atom. The maximum absolute atomic E-state index is 12.9. The van der Waals surface area contributed by atoms with E-state index in [0.717, 1.165) is 27.6 Å². The molecular formula is C21H23NO3S. The van der Waals surface area contributed by atoms with Crippen molar-refractivity contribution in [1.29, 1.82) is 0 Å². The summed E-state index contributed by atoms with van der Waals surface area (Å²) in [6, 6.07) is 18.3. The first-order chi connectivity index (χ1) is 12.4. The second kappa shape index (κ2) is 7.48. The van der Waals surface area contributed by atoms with Gasteiger partial charge in [0.05, 0.1) is 12.0 Å². The number of ether oxygens (including phenoxy) is 1. The minimum absolute atomic E-state index is 0.257. The van der Waals surface area contributed by atoms with Gasteiger partial charge in [-0.2, -0.15) is 0 Å².